The van der Waals surface area contributed by atoms with Gasteiger partial charge in [-0.25, -0.2) is 0 Å². The summed E-state index contributed by atoms with van der Waals surface area (Å²) >= 11 is 0. The lowest BCUT2D eigenvalue weighted by atomic mass is 9.80. The van der Waals surface area contributed by atoms with Gasteiger partial charge < -0.3 is 33.3 Å². The summed E-state index contributed by atoms with van der Waals surface area (Å²) in [6, 6.07) is -0.271. The van der Waals surface area contributed by atoms with Crippen LogP contribution in [0.5, 0.6) is 34.5 Å². The van der Waals surface area contributed by atoms with Gasteiger partial charge >= 0.3 is 0 Å². The molecule has 2 unspecified atom stereocenters. The van der Waals surface area contributed by atoms with Crippen LogP contribution in [0.4, 0.5) is 0 Å². The number of hydrogen-bond donors (Lipinski definition) is 0. The Balaban J connectivity index is 1.87. The highest BCUT2D eigenvalue weighted by Crippen LogP contribution is 2.54. The Kier molecular flexibility index (Phi) is 8.28. The Labute approximate surface area is 237 Å². The van der Waals surface area contributed by atoms with Crippen molar-refractivity contribution >= 4 is 17.6 Å². The first-order valence-electron chi connectivity index (χ1n) is 13.5. The van der Waals surface area contributed by atoms with Gasteiger partial charge in [-0.2, -0.15) is 0 Å². The zero-order valence-corrected chi connectivity index (χ0v) is 25.5. The second kappa shape index (κ2) is 11.4. The normalized spacial score (nSPS) is 17.7. The Morgan fingerprint density at radius 3 is 1.82 bits per heavy atom. The molecule has 1 amide bonds. The van der Waals surface area contributed by atoms with Crippen LogP contribution in [0.15, 0.2) is 11.8 Å². The zero-order chi connectivity index (χ0) is 29.5. The number of carbonyl (C=O) groups is 1. The van der Waals surface area contributed by atoms with Gasteiger partial charge in [0.25, 0.3) is 0 Å². The molecule has 0 saturated carbocycles. The van der Waals surface area contributed by atoms with E-state index in [1.165, 1.54) is 0 Å². The number of amides is 1. The van der Waals surface area contributed by atoms with Crippen molar-refractivity contribution in [2.45, 2.75) is 53.5 Å². The Bertz CT molecular complexity index is 1410. The number of ether oxygens (including phenoxy) is 6. The van der Waals surface area contributed by atoms with Crippen LogP contribution in [-0.4, -0.2) is 53.5 Å². The fourth-order valence-electron chi connectivity index (χ4n) is 6.47. The Hall–Kier alpha value is -3.81. The quantitative estimate of drug-likeness (QED) is 0.382. The molecule has 0 aromatic heterocycles. The highest BCUT2D eigenvalue weighted by Gasteiger charge is 2.40. The van der Waals surface area contributed by atoms with Crippen molar-refractivity contribution < 1.29 is 33.2 Å². The number of methoxy groups -OCH3 is 6. The third-order valence-corrected chi connectivity index (χ3v) is 8.25. The molecule has 2 aliphatic rings. The number of rotatable bonds is 8. The van der Waals surface area contributed by atoms with Crippen LogP contribution in [0.2, 0.25) is 0 Å². The summed E-state index contributed by atoms with van der Waals surface area (Å²) in [6.45, 7) is 9.97. The minimum atomic E-state index is -0.390. The van der Waals surface area contributed by atoms with E-state index in [4.69, 9.17) is 28.4 Å². The van der Waals surface area contributed by atoms with E-state index < -0.39 is 5.92 Å². The topological polar surface area (TPSA) is 75.7 Å². The van der Waals surface area contributed by atoms with Crippen molar-refractivity contribution in [3.8, 4) is 34.5 Å². The maximum absolute atomic E-state index is 14.5. The third kappa shape index (κ3) is 4.25. The molecular formula is C32H41NO7. The first kappa shape index (κ1) is 29.2. The van der Waals surface area contributed by atoms with Gasteiger partial charge in [0.15, 0.2) is 23.0 Å². The monoisotopic (exact) mass is 551 g/mol. The van der Waals surface area contributed by atoms with E-state index in [9.17, 15) is 4.79 Å². The van der Waals surface area contributed by atoms with Crippen LogP contribution in [-0.2, 0) is 11.2 Å². The summed E-state index contributed by atoms with van der Waals surface area (Å²) in [5.41, 5.74) is 7.24. The Morgan fingerprint density at radius 2 is 1.30 bits per heavy atom. The molecule has 8 nitrogen and oxygen atoms in total. The smallest absolute Gasteiger partial charge is 0.234 e. The number of carbonyl (C=O) groups excluding carboxylic acids is 1. The summed E-state index contributed by atoms with van der Waals surface area (Å²) in [7, 11) is 9.82. The lowest BCUT2D eigenvalue weighted by Crippen LogP contribution is -2.39. The second-order valence-corrected chi connectivity index (χ2v) is 10.3. The van der Waals surface area contributed by atoms with Crippen LogP contribution in [0.3, 0.4) is 0 Å². The second-order valence-electron chi connectivity index (χ2n) is 10.3. The molecule has 0 bridgehead atoms. The van der Waals surface area contributed by atoms with Crippen molar-refractivity contribution in [1.29, 1.82) is 0 Å². The molecule has 40 heavy (non-hydrogen) atoms. The number of hydrogen-bond acceptors (Lipinski definition) is 7. The third-order valence-electron chi connectivity index (χ3n) is 8.25. The molecule has 0 saturated heterocycles. The summed E-state index contributed by atoms with van der Waals surface area (Å²) < 4.78 is 34.9. The zero-order valence-electron chi connectivity index (χ0n) is 25.5. The molecular weight excluding hydrogens is 510 g/mol. The van der Waals surface area contributed by atoms with Gasteiger partial charge in [0.05, 0.1) is 54.6 Å². The summed E-state index contributed by atoms with van der Waals surface area (Å²) in [5.74, 6) is 3.58. The molecule has 8 heteroatoms. The van der Waals surface area contributed by atoms with Gasteiger partial charge in [0, 0.05) is 39.6 Å². The van der Waals surface area contributed by atoms with E-state index in [0.717, 1.165) is 50.3 Å². The molecule has 2 aromatic carbocycles. The first-order valence-corrected chi connectivity index (χ1v) is 13.5. The van der Waals surface area contributed by atoms with E-state index in [2.05, 4.69) is 6.92 Å². The van der Waals surface area contributed by atoms with Gasteiger partial charge in [0.2, 0.25) is 5.91 Å². The SMILES string of the molecule is CCC1c2c(OC)c(OC)c(C)c(OC)c2C(C)=CN1C(=O)C1Cc2c(c(OC)c(OC)c(C)c2OC)C=C1C. The van der Waals surface area contributed by atoms with Crippen molar-refractivity contribution in [1.82, 2.24) is 4.90 Å². The minimum absolute atomic E-state index is 0.00584. The minimum Gasteiger partial charge on any atom is -0.496 e. The highest BCUT2D eigenvalue weighted by molar-refractivity contribution is 5.91. The van der Waals surface area contributed by atoms with E-state index >= 15 is 0 Å². The first-order chi connectivity index (χ1) is 19.1. The summed E-state index contributed by atoms with van der Waals surface area (Å²) in [5, 5.41) is 0. The predicted molar refractivity (Wildman–Crippen MR) is 156 cm³/mol. The van der Waals surface area contributed by atoms with E-state index in [1.54, 1.807) is 42.7 Å². The van der Waals surface area contributed by atoms with E-state index in [0.29, 0.717) is 41.6 Å². The fraction of sp³-hybridized carbons (Fsp3) is 0.469. The van der Waals surface area contributed by atoms with E-state index in [1.807, 2.05) is 44.9 Å². The molecule has 0 fully saturated rings. The van der Waals surface area contributed by atoms with E-state index in [-0.39, 0.29) is 11.9 Å². The molecule has 2 aromatic rings. The molecule has 0 N–H and O–H groups in total. The average molecular weight is 552 g/mol. The Morgan fingerprint density at radius 1 is 0.775 bits per heavy atom. The molecule has 0 radical (unpaired) electrons. The van der Waals surface area contributed by atoms with Crippen molar-refractivity contribution in [2.24, 2.45) is 5.92 Å². The van der Waals surface area contributed by atoms with Gasteiger partial charge in [-0.15, -0.1) is 0 Å². The molecule has 216 valence electrons. The molecule has 1 aliphatic heterocycles. The van der Waals surface area contributed by atoms with Gasteiger partial charge in [-0.05, 0) is 46.1 Å². The maximum atomic E-state index is 14.5. The van der Waals surface area contributed by atoms with Gasteiger partial charge in [-0.1, -0.05) is 18.6 Å². The number of allylic oxidation sites excluding steroid dienone is 1. The molecule has 1 heterocycles. The van der Waals surface area contributed by atoms with Gasteiger partial charge in [-0.3, -0.25) is 4.79 Å². The number of fused-ring (bicyclic) bond motifs is 2. The van der Waals surface area contributed by atoms with Crippen molar-refractivity contribution in [3.63, 3.8) is 0 Å². The largest absolute Gasteiger partial charge is 0.496 e. The summed E-state index contributed by atoms with van der Waals surface area (Å²) in [4.78, 5) is 16.3. The lowest BCUT2D eigenvalue weighted by molar-refractivity contribution is -0.133. The molecule has 0 spiro atoms. The molecule has 1 aliphatic carbocycles. The highest BCUT2D eigenvalue weighted by atomic mass is 16.5. The van der Waals surface area contributed by atoms with Crippen molar-refractivity contribution in [3.05, 3.63) is 45.2 Å². The average Bonchev–Trinajstić information content (AvgIpc) is 2.95. The molecule has 4 rings (SSSR count). The van der Waals surface area contributed by atoms with Gasteiger partial charge in [0.1, 0.15) is 11.5 Å². The standard InChI is InChI=1S/C32H41NO7/c1-12-23-25-24(27(36-7)19(5)29(38-9)31(25)40-11)17(3)15-33(23)32(34)20-14-22-21(13-16(20)2)30(39-10)28(37-8)18(4)26(22)35-6/h13,15,20,23H,12,14H2,1-11H3. The summed E-state index contributed by atoms with van der Waals surface area (Å²) in [6.07, 6.45) is 5.13. The fourth-order valence-corrected chi connectivity index (χ4v) is 6.47. The molecule has 2 atom stereocenters. The maximum Gasteiger partial charge on any atom is 0.234 e. The predicted octanol–water partition coefficient (Wildman–Crippen LogP) is 6.28. The number of benzene rings is 2. The lowest BCUT2D eigenvalue weighted by Gasteiger charge is -2.39. The van der Waals surface area contributed by atoms with Crippen LogP contribution < -0.4 is 28.4 Å². The van der Waals surface area contributed by atoms with Crippen LogP contribution in [0, 0.1) is 19.8 Å². The van der Waals surface area contributed by atoms with Crippen LogP contribution in [0.25, 0.3) is 11.6 Å². The van der Waals surface area contributed by atoms with Crippen LogP contribution >= 0.6 is 0 Å². The van der Waals surface area contributed by atoms with Crippen LogP contribution in [0.1, 0.15) is 66.6 Å². The van der Waals surface area contributed by atoms with Crippen molar-refractivity contribution in [2.75, 3.05) is 42.7 Å². The number of nitrogens with zero attached hydrogens (tertiary/aromatic N) is 1.